The Morgan fingerprint density at radius 2 is 0.941 bits per heavy atom. The van der Waals surface area contributed by atoms with Crippen LogP contribution in [0.3, 0.4) is 0 Å². The van der Waals surface area contributed by atoms with Crippen molar-refractivity contribution >= 4 is 16.3 Å². The number of nitrogens with one attached hydrogen (secondary N) is 1. The van der Waals surface area contributed by atoms with Gasteiger partial charge < -0.3 is 40.3 Å². The number of aliphatic hydroxyl groups is 5. The van der Waals surface area contributed by atoms with E-state index in [1.165, 1.54) is 167 Å². The fraction of sp³-hybridized carbons (Fsp3) is 0.944. The van der Waals surface area contributed by atoms with Gasteiger partial charge >= 0.3 is 10.4 Å². The van der Waals surface area contributed by atoms with Crippen molar-refractivity contribution in [1.29, 1.82) is 0 Å². The third-order valence-electron chi connectivity index (χ3n) is 13.7. The lowest BCUT2D eigenvalue weighted by molar-refractivity contribution is -0.298. The third kappa shape index (κ3) is 35.8. The predicted molar refractivity (Wildman–Crippen MR) is 275 cm³/mol. The molecule has 13 nitrogen and oxygen atoms in total. The van der Waals surface area contributed by atoms with Crippen LogP contribution in [0, 0.1) is 0 Å². The first-order chi connectivity index (χ1) is 32.9. The molecule has 0 saturated carbocycles. The van der Waals surface area contributed by atoms with E-state index in [2.05, 4.69) is 35.5 Å². The van der Waals surface area contributed by atoms with Crippen LogP contribution in [0.25, 0.3) is 0 Å². The number of carbonyl (C=O) groups is 1. The summed E-state index contributed by atoms with van der Waals surface area (Å²) in [5.74, 6) is -0.670. The molecule has 0 aromatic rings. The molecule has 7 N–H and O–H groups in total. The van der Waals surface area contributed by atoms with Gasteiger partial charge in [-0.15, -0.1) is 0 Å². The van der Waals surface area contributed by atoms with Gasteiger partial charge in [0.25, 0.3) is 0 Å². The average Bonchev–Trinajstić information content (AvgIpc) is 3.31. The van der Waals surface area contributed by atoms with Gasteiger partial charge in [0.2, 0.25) is 5.91 Å². The van der Waals surface area contributed by atoms with Crippen LogP contribution in [0.1, 0.15) is 264 Å². The van der Waals surface area contributed by atoms with E-state index < -0.39 is 78.5 Å². The van der Waals surface area contributed by atoms with Crippen molar-refractivity contribution in [3.05, 3.63) is 12.2 Å². The molecule has 0 aromatic heterocycles. The quantitative estimate of drug-likeness (QED) is 0.0172. The van der Waals surface area contributed by atoms with Gasteiger partial charge in [-0.05, 0) is 38.5 Å². The second-order valence-corrected chi connectivity index (χ2v) is 21.1. The summed E-state index contributed by atoms with van der Waals surface area (Å²) < 4.78 is 47.8. The largest absolute Gasteiger partial charge is 0.397 e. The lowest BCUT2D eigenvalue weighted by atomic mass is 9.99. The smallest absolute Gasteiger partial charge is 0.394 e. The topological polar surface area (TPSA) is 212 Å². The highest BCUT2D eigenvalue weighted by molar-refractivity contribution is 7.80. The maximum absolute atomic E-state index is 13.2. The van der Waals surface area contributed by atoms with Gasteiger partial charge in [-0.1, -0.05) is 238 Å². The highest BCUT2D eigenvalue weighted by Gasteiger charge is 2.48. The van der Waals surface area contributed by atoms with Crippen molar-refractivity contribution in [2.24, 2.45) is 0 Å². The van der Waals surface area contributed by atoms with E-state index >= 15 is 0 Å². The molecule has 8 atom stereocenters. The number of allylic oxidation sites excluding steroid dienone is 2. The van der Waals surface area contributed by atoms with Crippen LogP contribution in [-0.4, -0.2) is 107 Å². The van der Waals surface area contributed by atoms with E-state index in [4.69, 9.17) is 9.47 Å². The Morgan fingerprint density at radius 1 is 0.574 bits per heavy atom. The zero-order chi connectivity index (χ0) is 49.9. The summed E-state index contributed by atoms with van der Waals surface area (Å²) in [7, 11) is -5.11. The van der Waals surface area contributed by atoms with Crippen LogP contribution in [0.4, 0.5) is 0 Å². The Kier molecular flexibility index (Phi) is 42.4. The van der Waals surface area contributed by atoms with Crippen molar-refractivity contribution < 1.29 is 57.0 Å². The molecule has 1 amide bonds. The molecular weight excluding hydrogens is 887 g/mol. The second-order valence-electron chi connectivity index (χ2n) is 20.0. The van der Waals surface area contributed by atoms with Gasteiger partial charge in [-0.25, -0.2) is 4.18 Å². The van der Waals surface area contributed by atoms with Crippen molar-refractivity contribution in [1.82, 2.24) is 5.32 Å². The normalized spacial score (nSPS) is 20.3. The van der Waals surface area contributed by atoms with Crippen LogP contribution in [0.15, 0.2) is 12.2 Å². The summed E-state index contributed by atoms with van der Waals surface area (Å²) in [4.78, 5) is 13.2. The molecule has 1 saturated heterocycles. The summed E-state index contributed by atoms with van der Waals surface area (Å²) >= 11 is 0. The zero-order valence-electron chi connectivity index (χ0n) is 43.3. The molecular formula is C54H105NO12S. The lowest BCUT2D eigenvalue weighted by Crippen LogP contribution is -2.61. The van der Waals surface area contributed by atoms with E-state index in [0.29, 0.717) is 19.3 Å². The fourth-order valence-corrected chi connectivity index (χ4v) is 9.74. The van der Waals surface area contributed by atoms with Crippen LogP contribution in [-0.2, 0) is 28.9 Å². The summed E-state index contributed by atoms with van der Waals surface area (Å²) in [6.45, 7) is 3.32. The molecule has 0 bridgehead atoms. The van der Waals surface area contributed by atoms with Gasteiger partial charge in [0.1, 0.15) is 30.5 Å². The highest BCUT2D eigenvalue weighted by Crippen LogP contribution is 2.26. The van der Waals surface area contributed by atoms with Crippen LogP contribution >= 0.6 is 0 Å². The van der Waals surface area contributed by atoms with Gasteiger partial charge in [-0.2, -0.15) is 8.42 Å². The monoisotopic (exact) mass is 992 g/mol. The number of amides is 1. The van der Waals surface area contributed by atoms with Gasteiger partial charge in [-0.3, -0.25) is 9.35 Å². The first-order valence-corrected chi connectivity index (χ1v) is 29.5. The van der Waals surface area contributed by atoms with Crippen molar-refractivity contribution in [2.45, 2.75) is 313 Å². The molecule has 1 fully saturated rings. The van der Waals surface area contributed by atoms with Crippen LogP contribution in [0.5, 0.6) is 0 Å². The molecule has 1 aliphatic heterocycles. The highest BCUT2D eigenvalue weighted by atomic mass is 32.3. The minimum atomic E-state index is -5.11. The van der Waals surface area contributed by atoms with Crippen LogP contribution in [0.2, 0.25) is 0 Å². The Balaban J connectivity index is 2.44. The molecule has 0 aromatic carbocycles. The van der Waals surface area contributed by atoms with Crippen molar-refractivity contribution in [3.63, 3.8) is 0 Å². The first kappa shape index (κ1) is 64.8. The Labute approximate surface area is 415 Å². The van der Waals surface area contributed by atoms with Gasteiger partial charge in [0, 0.05) is 0 Å². The minimum Gasteiger partial charge on any atom is -0.394 e. The molecule has 404 valence electrons. The summed E-state index contributed by atoms with van der Waals surface area (Å²) in [5, 5.41) is 55.7. The van der Waals surface area contributed by atoms with E-state index in [9.17, 15) is 43.3 Å². The predicted octanol–water partition coefficient (Wildman–Crippen LogP) is 11.6. The third-order valence-corrected chi connectivity index (χ3v) is 14.1. The molecule has 8 unspecified atom stereocenters. The van der Waals surface area contributed by atoms with Gasteiger partial charge in [0.05, 0.1) is 25.4 Å². The minimum absolute atomic E-state index is 0.256. The van der Waals surface area contributed by atoms with E-state index in [0.717, 1.165) is 57.8 Å². The molecule has 0 spiro atoms. The molecule has 1 rings (SSSR count). The number of hydrogen-bond donors (Lipinski definition) is 7. The van der Waals surface area contributed by atoms with Crippen LogP contribution < -0.4 is 5.32 Å². The fourth-order valence-electron chi connectivity index (χ4n) is 9.23. The Hall–Kier alpha value is -1.20. The molecule has 1 aliphatic rings. The average molecular weight is 992 g/mol. The van der Waals surface area contributed by atoms with E-state index in [-0.39, 0.29) is 6.42 Å². The van der Waals surface area contributed by atoms with E-state index in [1.807, 2.05) is 0 Å². The molecule has 14 heteroatoms. The second kappa shape index (κ2) is 44.5. The maximum atomic E-state index is 13.2. The van der Waals surface area contributed by atoms with Crippen molar-refractivity contribution in [3.8, 4) is 0 Å². The Morgan fingerprint density at radius 3 is 1.32 bits per heavy atom. The number of unbranched alkanes of at least 4 members (excludes halogenated alkanes) is 34. The standard InChI is InChI=1S/C54H105NO12S/c1-3-5-7-9-11-13-15-17-19-21-23-25-27-29-31-33-35-37-39-41-43-48(58)53(61)55-46(45-65-54-51(60)52(67-68(62,63)64)50(59)49(44-56)66-54)47(57)42-40-38-36-34-32-30-28-26-24-22-20-18-16-14-12-10-8-6-4-2/h25,27,46-52,54,56-60H,3-24,26,28-45H2,1-2H3,(H,55,61)(H,62,63,64)/b27-25-. The maximum Gasteiger partial charge on any atom is 0.397 e. The van der Waals surface area contributed by atoms with E-state index in [1.54, 1.807) is 0 Å². The zero-order valence-corrected chi connectivity index (χ0v) is 44.1. The number of aliphatic hydroxyl groups excluding tert-OH is 5. The van der Waals surface area contributed by atoms with Gasteiger partial charge in [0.15, 0.2) is 6.29 Å². The molecule has 0 radical (unpaired) electrons. The number of rotatable bonds is 49. The Bertz CT molecular complexity index is 1270. The summed E-state index contributed by atoms with van der Waals surface area (Å²) in [6, 6.07) is -1.03. The summed E-state index contributed by atoms with van der Waals surface area (Å²) in [5.41, 5.74) is 0. The molecule has 68 heavy (non-hydrogen) atoms. The number of hydrogen-bond acceptors (Lipinski definition) is 11. The number of carbonyl (C=O) groups excluding carboxylic acids is 1. The first-order valence-electron chi connectivity index (χ1n) is 28.2. The lowest BCUT2D eigenvalue weighted by Gasteiger charge is -2.41. The van der Waals surface area contributed by atoms with Crippen molar-refractivity contribution in [2.75, 3.05) is 13.2 Å². The molecule has 0 aliphatic carbocycles. The number of ether oxygens (including phenoxy) is 2. The summed E-state index contributed by atoms with van der Waals surface area (Å²) in [6.07, 6.45) is 39.6. The SMILES string of the molecule is CCCCCCCCCCCC/C=C\CCCCCCCCC(O)C(=O)NC(COC1OC(CO)C(O)C(OS(=O)(=O)O)C1O)C(O)CCCCCCCCCCCCCCCCCCCCC. The molecule has 1 heterocycles.